The molecule has 0 spiro atoms. The van der Waals surface area contributed by atoms with Gasteiger partial charge in [0.05, 0.1) is 17.4 Å². The maximum atomic E-state index is 12.0. The van der Waals surface area contributed by atoms with Gasteiger partial charge in [0, 0.05) is 18.2 Å². The summed E-state index contributed by atoms with van der Waals surface area (Å²) in [6.45, 7) is 5.90. The lowest BCUT2D eigenvalue weighted by Crippen LogP contribution is -2.40. The normalized spacial score (nSPS) is 11.8. The highest BCUT2D eigenvalue weighted by Crippen LogP contribution is 2.14. The molecule has 0 aliphatic heterocycles. The summed E-state index contributed by atoms with van der Waals surface area (Å²) >= 11 is 0. The van der Waals surface area contributed by atoms with E-state index in [4.69, 9.17) is 0 Å². The summed E-state index contributed by atoms with van der Waals surface area (Å²) in [6.07, 6.45) is 1.75. The van der Waals surface area contributed by atoms with Gasteiger partial charge in [-0.05, 0) is 39.0 Å². The second-order valence-electron chi connectivity index (χ2n) is 5.26. The molecule has 0 fully saturated rings. The van der Waals surface area contributed by atoms with Crippen LogP contribution in [0.1, 0.15) is 31.1 Å². The van der Waals surface area contributed by atoms with Crippen LogP contribution in [0.15, 0.2) is 24.5 Å². The van der Waals surface area contributed by atoms with E-state index >= 15 is 0 Å². The zero-order valence-electron chi connectivity index (χ0n) is 10.6. The van der Waals surface area contributed by atoms with Gasteiger partial charge >= 0.3 is 0 Å². The Morgan fingerprint density at radius 3 is 2.71 bits per heavy atom. The Kier molecular flexibility index (Phi) is 2.65. The van der Waals surface area contributed by atoms with E-state index in [0.29, 0.717) is 5.56 Å². The Hall–Kier alpha value is -1.84. The number of imidazole rings is 1. The molecule has 0 aliphatic rings. The Bertz CT molecular complexity index is 564. The van der Waals surface area contributed by atoms with Crippen molar-refractivity contribution in [3.8, 4) is 0 Å². The topological polar surface area (TPSA) is 46.9 Å². The van der Waals surface area contributed by atoms with Gasteiger partial charge < -0.3 is 9.88 Å². The van der Waals surface area contributed by atoms with Gasteiger partial charge in [0.15, 0.2) is 0 Å². The summed E-state index contributed by atoms with van der Waals surface area (Å²) in [4.78, 5) is 16.2. The molecule has 0 saturated carbocycles. The van der Waals surface area contributed by atoms with E-state index < -0.39 is 0 Å². The lowest BCUT2D eigenvalue weighted by molar-refractivity contribution is 0.0919. The predicted octanol–water partition coefficient (Wildman–Crippen LogP) is 2.10. The fourth-order valence-corrected chi connectivity index (χ4v) is 1.68. The van der Waals surface area contributed by atoms with E-state index in [-0.39, 0.29) is 11.4 Å². The molecule has 1 heterocycles. The second kappa shape index (κ2) is 3.87. The molecule has 0 unspecified atom stereocenters. The summed E-state index contributed by atoms with van der Waals surface area (Å²) < 4.78 is 1.91. The molecule has 4 nitrogen and oxygen atoms in total. The lowest BCUT2D eigenvalue weighted by atomic mass is 10.1. The standard InChI is InChI=1S/C13H17N3O/c1-13(2,3)15-12(17)9-5-6-10-11(7-9)16(4)8-14-10/h5-8H,1-4H3,(H,15,17). The van der Waals surface area contributed by atoms with Gasteiger partial charge in [0.2, 0.25) is 0 Å². The van der Waals surface area contributed by atoms with Crippen molar-refractivity contribution in [2.45, 2.75) is 26.3 Å². The average Bonchev–Trinajstić information content (AvgIpc) is 2.57. The molecule has 4 heteroatoms. The number of rotatable bonds is 1. The van der Waals surface area contributed by atoms with Gasteiger partial charge in [-0.25, -0.2) is 4.98 Å². The molecule has 17 heavy (non-hydrogen) atoms. The third kappa shape index (κ3) is 2.46. The SMILES string of the molecule is Cn1cnc2ccc(C(=O)NC(C)(C)C)cc21. The summed E-state index contributed by atoms with van der Waals surface area (Å²) in [5.41, 5.74) is 2.31. The minimum Gasteiger partial charge on any atom is -0.347 e. The van der Waals surface area contributed by atoms with Crippen molar-refractivity contribution in [1.82, 2.24) is 14.9 Å². The van der Waals surface area contributed by atoms with E-state index in [9.17, 15) is 4.79 Å². The fourth-order valence-electron chi connectivity index (χ4n) is 1.68. The number of hydrogen-bond donors (Lipinski definition) is 1. The van der Waals surface area contributed by atoms with E-state index in [0.717, 1.165) is 11.0 Å². The van der Waals surface area contributed by atoms with Crippen LogP contribution in [0.4, 0.5) is 0 Å². The molecular formula is C13H17N3O. The van der Waals surface area contributed by atoms with Crippen molar-refractivity contribution in [1.29, 1.82) is 0 Å². The third-order valence-electron chi connectivity index (χ3n) is 2.48. The first kappa shape index (κ1) is 11.6. The van der Waals surface area contributed by atoms with Crippen LogP contribution >= 0.6 is 0 Å². The van der Waals surface area contributed by atoms with E-state index in [2.05, 4.69) is 10.3 Å². The number of hydrogen-bond acceptors (Lipinski definition) is 2. The second-order valence-corrected chi connectivity index (χ2v) is 5.26. The maximum absolute atomic E-state index is 12.0. The van der Waals surface area contributed by atoms with Crippen LogP contribution in [-0.4, -0.2) is 21.0 Å². The van der Waals surface area contributed by atoms with Crippen molar-refractivity contribution in [3.05, 3.63) is 30.1 Å². The van der Waals surface area contributed by atoms with E-state index in [1.54, 1.807) is 12.4 Å². The van der Waals surface area contributed by atoms with Crippen LogP contribution in [0.3, 0.4) is 0 Å². The molecule has 0 atom stereocenters. The molecule has 1 aromatic heterocycles. The van der Waals surface area contributed by atoms with Gasteiger partial charge in [-0.3, -0.25) is 4.79 Å². The van der Waals surface area contributed by atoms with Crippen LogP contribution in [-0.2, 0) is 7.05 Å². The van der Waals surface area contributed by atoms with Crippen molar-refractivity contribution >= 4 is 16.9 Å². The van der Waals surface area contributed by atoms with Crippen LogP contribution in [0.25, 0.3) is 11.0 Å². The minimum atomic E-state index is -0.224. The predicted molar refractivity (Wildman–Crippen MR) is 67.9 cm³/mol. The molecule has 1 N–H and O–H groups in total. The largest absolute Gasteiger partial charge is 0.347 e. The summed E-state index contributed by atoms with van der Waals surface area (Å²) in [5.74, 6) is -0.0550. The maximum Gasteiger partial charge on any atom is 0.251 e. The number of nitrogens with zero attached hydrogens (tertiary/aromatic N) is 2. The van der Waals surface area contributed by atoms with Gasteiger partial charge in [-0.2, -0.15) is 0 Å². The molecule has 0 aliphatic carbocycles. The number of fused-ring (bicyclic) bond motifs is 1. The number of aryl methyl sites for hydroxylation is 1. The summed E-state index contributed by atoms with van der Waals surface area (Å²) in [7, 11) is 1.92. The van der Waals surface area contributed by atoms with Gasteiger partial charge in [-0.1, -0.05) is 0 Å². The third-order valence-corrected chi connectivity index (χ3v) is 2.48. The first-order valence-corrected chi connectivity index (χ1v) is 5.60. The molecule has 1 amide bonds. The number of carbonyl (C=O) groups is 1. The highest BCUT2D eigenvalue weighted by Gasteiger charge is 2.15. The molecule has 0 radical (unpaired) electrons. The van der Waals surface area contributed by atoms with E-state index in [1.165, 1.54) is 0 Å². The highest BCUT2D eigenvalue weighted by atomic mass is 16.1. The van der Waals surface area contributed by atoms with Crippen molar-refractivity contribution in [2.24, 2.45) is 7.05 Å². The van der Waals surface area contributed by atoms with Crippen molar-refractivity contribution in [3.63, 3.8) is 0 Å². The number of aromatic nitrogens is 2. The summed E-state index contributed by atoms with van der Waals surface area (Å²) in [6, 6.07) is 5.53. The number of benzene rings is 1. The average molecular weight is 231 g/mol. The van der Waals surface area contributed by atoms with Crippen molar-refractivity contribution < 1.29 is 4.79 Å². The zero-order valence-corrected chi connectivity index (χ0v) is 10.6. The highest BCUT2D eigenvalue weighted by molar-refractivity contribution is 5.97. The zero-order chi connectivity index (χ0) is 12.6. The molecule has 1 aromatic carbocycles. The van der Waals surface area contributed by atoms with Crippen LogP contribution in [0.5, 0.6) is 0 Å². The number of carbonyl (C=O) groups excluding carboxylic acids is 1. The lowest BCUT2D eigenvalue weighted by Gasteiger charge is -2.20. The number of nitrogens with one attached hydrogen (secondary N) is 1. The van der Waals surface area contributed by atoms with Crippen LogP contribution in [0, 0.1) is 0 Å². The molecule has 90 valence electrons. The first-order valence-electron chi connectivity index (χ1n) is 5.60. The first-order chi connectivity index (χ1) is 7.87. The molecular weight excluding hydrogens is 214 g/mol. The fraction of sp³-hybridized carbons (Fsp3) is 0.385. The molecule has 2 aromatic rings. The van der Waals surface area contributed by atoms with Gasteiger partial charge in [-0.15, -0.1) is 0 Å². The Labute approximate surface area is 101 Å². The van der Waals surface area contributed by atoms with Gasteiger partial charge in [0.1, 0.15) is 0 Å². The summed E-state index contributed by atoms with van der Waals surface area (Å²) in [5, 5.41) is 2.94. The molecule has 0 saturated heterocycles. The number of amides is 1. The smallest absolute Gasteiger partial charge is 0.251 e. The Morgan fingerprint density at radius 2 is 2.06 bits per heavy atom. The van der Waals surface area contributed by atoms with Crippen molar-refractivity contribution in [2.75, 3.05) is 0 Å². The Balaban J connectivity index is 2.36. The monoisotopic (exact) mass is 231 g/mol. The van der Waals surface area contributed by atoms with Gasteiger partial charge in [0.25, 0.3) is 5.91 Å². The minimum absolute atomic E-state index is 0.0550. The molecule has 2 rings (SSSR count). The van der Waals surface area contributed by atoms with Crippen LogP contribution < -0.4 is 5.32 Å². The van der Waals surface area contributed by atoms with E-state index in [1.807, 2.05) is 44.5 Å². The quantitative estimate of drug-likeness (QED) is 0.817. The van der Waals surface area contributed by atoms with Crippen LogP contribution in [0.2, 0.25) is 0 Å². The Morgan fingerprint density at radius 1 is 1.35 bits per heavy atom. The molecule has 0 bridgehead atoms.